The molecule has 0 unspecified atom stereocenters. The van der Waals surface area contributed by atoms with Crippen molar-refractivity contribution in [3.05, 3.63) is 47.0 Å². The first-order valence-corrected chi connectivity index (χ1v) is 8.75. The molecule has 7 nitrogen and oxygen atoms in total. The van der Waals surface area contributed by atoms with Gasteiger partial charge in [-0.05, 0) is 38.5 Å². The number of anilines is 1. The van der Waals surface area contributed by atoms with Gasteiger partial charge in [0.15, 0.2) is 6.61 Å². The molecule has 3 rings (SSSR count). The summed E-state index contributed by atoms with van der Waals surface area (Å²) in [7, 11) is 3.98. The normalized spacial score (nSPS) is 10.9. The molecule has 0 aliphatic heterocycles. The molecule has 0 bridgehead atoms. The molecule has 0 atom stereocenters. The zero-order valence-electron chi connectivity index (χ0n) is 16.3. The average molecular weight is 368 g/mol. The first kappa shape index (κ1) is 18.7. The summed E-state index contributed by atoms with van der Waals surface area (Å²) in [6.45, 7) is 5.87. The second-order valence-electron chi connectivity index (χ2n) is 6.67. The number of rotatable bonds is 6. The van der Waals surface area contributed by atoms with Crippen LogP contribution in [0.1, 0.15) is 22.7 Å². The molecule has 1 aromatic carbocycles. The summed E-state index contributed by atoms with van der Waals surface area (Å²) in [5, 5.41) is 3.57. The van der Waals surface area contributed by atoms with Gasteiger partial charge in [0, 0.05) is 31.9 Å². The Hall–Kier alpha value is -3.09. The molecule has 2 aromatic heterocycles. The molecule has 0 fully saturated rings. The van der Waals surface area contributed by atoms with Crippen LogP contribution >= 0.6 is 0 Å². The van der Waals surface area contributed by atoms with Crippen molar-refractivity contribution in [1.29, 1.82) is 0 Å². The fourth-order valence-electron chi connectivity index (χ4n) is 2.72. The minimum absolute atomic E-state index is 0.120. The monoisotopic (exact) mass is 368 g/mol. The van der Waals surface area contributed by atoms with Crippen LogP contribution in [-0.2, 0) is 11.3 Å². The molecular weight excluding hydrogens is 344 g/mol. The standard InChI is InChI=1S/C20H24N4O3/c1-12-13(2)27-20-18(12)19(22-14(3)23-20)26-11-17(25)21-10-15-6-8-16(9-7-15)24(4)5/h6-9H,10-11H2,1-5H3,(H,21,25). The van der Waals surface area contributed by atoms with Crippen molar-refractivity contribution >= 4 is 22.7 Å². The molecule has 0 aliphatic rings. The fraction of sp³-hybridized carbons (Fsp3) is 0.350. The third-order valence-corrected chi connectivity index (χ3v) is 4.39. The summed E-state index contributed by atoms with van der Waals surface area (Å²) >= 11 is 0. The van der Waals surface area contributed by atoms with Crippen molar-refractivity contribution in [1.82, 2.24) is 15.3 Å². The second-order valence-corrected chi connectivity index (χ2v) is 6.67. The number of fused-ring (bicyclic) bond motifs is 1. The van der Waals surface area contributed by atoms with Crippen molar-refractivity contribution in [2.24, 2.45) is 0 Å². The number of ether oxygens (including phenoxy) is 1. The number of carbonyl (C=O) groups excluding carboxylic acids is 1. The maximum atomic E-state index is 12.2. The van der Waals surface area contributed by atoms with E-state index in [0.717, 1.165) is 22.6 Å². The van der Waals surface area contributed by atoms with Gasteiger partial charge in [-0.25, -0.2) is 0 Å². The van der Waals surface area contributed by atoms with Gasteiger partial charge in [0.05, 0.1) is 0 Å². The largest absolute Gasteiger partial charge is 0.467 e. The number of carbonyl (C=O) groups is 1. The van der Waals surface area contributed by atoms with Gasteiger partial charge < -0.3 is 19.4 Å². The number of hydrogen-bond acceptors (Lipinski definition) is 6. The molecule has 1 N–H and O–H groups in total. The Morgan fingerprint density at radius 2 is 1.85 bits per heavy atom. The predicted molar refractivity (Wildman–Crippen MR) is 104 cm³/mol. The average Bonchev–Trinajstić information content (AvgIpc) is 2.92. The van der Waals surface area contributed by atoms with E-state index in [9.17, 15) is 4.79 Å². The number of aromatic nitrogens is 2. The summed E-state index contributed by atoms with van der Waals surface area (Å²) < 4.78 is 11.3. The van der Waals surface area contributed by atoms with E-state index in [1.165, 1.54) is 0 Å². The first-order chi connectivity index (χ1) is 12.8. The number of hydrogen-bond donors (Lipinski definition) is 1. The molecule has 0 saturated heterocycles. The van der Waals surface area contributed by atoms with Crippen LogP contribution in [0, 0.1) is 20.8 Å². The first-order valence-electron chi connectivity index (χ1n) is 8.75. The Bertz CT molecular complexity index is 962. The van der Waals surface area contributed by atoms with E-state index >= 15 is 0 Å². The molecule has 1 amide bonds. The summed E-state index contributed by atoms with van der Waals surface area (Å²) in [6, 6.07) is 8.02. The highest BCUT2D eigenvalue weighted by Gasteiger charge is 2.17. The van der Waals surface area contributed by atoms with Crippen LogP contribution in [0.3, 0.4) is 0 Å². The van der Waals surface area contributed by atoms with Gasteiger partial charge in [-0.1, -0.05) is 12.1 Å². The molecule has 0 saturated carbocycles. The summed E-state index contributed by atoms with van der Waals surface area (Å²) in [5.74, 6) is 1.46. The number of aryl methyl sites for hydroxylation is 3. The second kappa shape index (κ2) is 7.65. The van der Waals surface area contributed by atoms with Gasteiger partial charge in [-0.15, -0.1) is 0 Å². The quantitative estimate of drug-likeness (QED) is 0.721. The topological polar surface area (TPSA) is 80.5 Å². The van der Waals surface area contributed by atoms with Gasteiger partial charge in [-0.3, -0.25) is 4.79 Å². The van der Waals surface area contributed by atoms with Crippen LogP contribution in [0.4, 0.5) is 5.69 Å². The van der Waals surface area contributed by atoms with Crippen molar-refractivity contribution < 1.29 is 13.9 Å². The zero-order valence-corrected chi connectivity index (χ0v) is 16.3. The van der Waals surface area contributed by atoms with Crippen LogP contribution in [-0.4, -0.2) is 36.6 Å². The predicted octanol–water partition coefficient (Wildman–Crippen LogP) is 2.91. The minimum atomic E-state index is -0.214. The zero-order chi connectivity index (χ0) is 19.6. The van der Waals surface area contributed by atoms with Crippen molar-refractivity contribution in [3.8, 4) is 5.88 Å². The molecule has 0 spiro atoms. The lowest BCUT2D eigenvalue weighted by atomic mass is 10.2. The maximum Gasteiger partial charge on any atom is 0.258 e. The van der Waals surface area contributed by atoms with Gasteiger partial charge >= 0.3 is 0 Å². The Morgan fingerprint density at radius 1 is 1.15 bits per heavy atom. The molecule has 3 aromatic rings. The maximum absolute atomic E-state index is 12.2. The molecule has 2 heterocycles. The van der Waals surface area contributed by atoms with E-state index in [1.807, 2.05) is 57.1 Å². The third-order valence-electron chi connectivity index (χ3n) is 4.39. The van der Waals surface area contributed by atoms with Crippen LogP contribution in [0.15, 0.2) is 28.7 Å². The fourth-order valence-corrected chi connectivity index (χ4v) is 2.72. The molecule has 0 radical (unpaired) electrons. The Labute approximate surface area is 158 Å². The number of amides is 1. The van der Waals surface area contributed by atoms with E-state index in [2.05, 4.69) is 15.3 Å². The van der Waals surface area contributed by atoms with Gasteiger partial charge in [0.1, 0.15) is 17.0 Å². The lowest BCUT2D eigenvalue weighted by Gasteiger charge is -2.13. The summed E-state index contributed by atoms with van der Waals surface area (Å²) in [6.07, 6.45) is 0. The van der Waals surface area contributed by atoms with Crippen molar-refractivity contribution in [2.45, 2.75) is 27.3 Å². The molecule has 7 heteroatoms. The van der Waals surface area contributed by atoms with Crippen molar-refractivity contribution in [3.63, 3.8) is 0 Å². The Morgan fingerprint density at radius 3 is 2.52 bits per heavy atom. The van der Waals surface area contributed by atoms with Crippen molar-refractivity contribution in [2.75, 3.05) is 25.6 Å². The van der Waals surface area contributed by atoms with Gasteiger partial charge in [0.25, 0.3) is 5.91 Å². The lowest BCUT2D eigenvalue weighted by molar-refractivity contribution is -0.123. The van der Waals surface area contributed by atoms with E-state index in [-0.39, 0.29) is 12.5 Å². The van der Waals surface area contributed by atoms with Crippen LogP contribution in [0.5, 0.6) is 5.88 Å². The molecular formula is C20H24N4O3. The van der Waals surface area contributed by atoms with E-state index < -0.39 is 0 Å². The smallest absolute Gasteiger partial charge is 0.258 e. The molecule has 0 aliphatic carbocycles. The molecule has 142 valence electrons. The number of nitrogens with zero attached hydrogens (tertiary/aromatic N) is 3. The number of nitrogens with one attached hydrogen (secondary N) is 1. The lowest BCUT2D eigenvalue weighted by Crippen LogP contribution is -2.28. The minimum Gasteiger partial charge on any atom is -0.467 e. The van der Waals surface area contributed by atoms with E-state index in [0.29, 0.717) is 29.3 Å². The third kappa shape index (κ3) is 4.19. The van der Waals surface area contributed by atoms with E-state index in [1.54, 1.807) is 6.92 Å². The summed E-state index contributed by atoms with van der Waals surface area (Å²) in [5.41, 5.74) is 3.54. The van der Waals surface area contributed by atoms with Gasteiger partial charge in [0.2, 0.25) is 11.6 Å². The van der Waals surface area contributed by atoms with Crippen LogP contribution in [0.2, 0.25) is 0 Å². The highest BCUT2D eigenvalue weighted by Crippen LogP contribution is 2.30. The SMILES string of the molecule is Cc1nc(OCC(=O)NCc2ccc(N(C)C)cc2)c2c(C)c(C)oc2n1. The highest BCUT2D eigenvalue weighted by molar-refractivity contribution is 5.84. The number of benzene rings is 1. The van der Waals surface area contributed by atoms with Crippen LogP contribution in [0.25, 0.3) is 11.1 Å². The van der Waals surface area contributed by atoms with Gasteiger partial charge in [-0.2, -0.15) is 9.97 Å². The highest BCUT2D eigenvalue weighted by atomic mass is 16.5. The Balaban J connectivity index is 1.62. The Kier molecular flexibility index (Phi) is 5.30. The summed E-state index contributed by atoms with van der Waals surface area (Å²) in [4.78, 5) is 22.8. The number of furan rings is 1. The van der Waals surface area contributed by atoms with Crippen LogP contribution < -0.4 is 15.0 Å². The van der Waals surface area contributed by atoms with E-state index in [4.69, 9.17) is 9.15 Å². The molecule has 27 heavy (non-hydrogen) atoms.